The van der Waals surface area contributed by atoms with E-state index in [-0.39, 0.29) is 18.8 Å². The van der Waals surface area contributed by atoms with Gasteiger partial charge in [0.1, 0.15) is 29.6 Å². The van der Waals surface area contributed by atoms with Gasteiger partial charge >= 0.3 is 5.97 Å². The summed E-state index contributed by atoms with van der Waals surface area (Å²) in [4.78, 5) is 13.1. The fourth-order valence-corrected chi connectivity index (χ4v) is 3.70. The van der Waals surface area contributed by atoms with Crippen molar-refractivity contribution in [3.63, 3.8) is 0 Å². The second kappa shape index (κ2) is 9.96. The molecule has 0 spiro atoms. The summed E-state index contributed by atoms with van der Waals surface area (Å²) >= 11 is 0. The zero-order valence-electron chi connectivity index (χ0n) is 18.7. The normalized spacial score (nSPS) is 32.8. The third-order valence-corrected chi connectivity index (χ3v) is 5.46. The Morgan fingerprint density at radius 1 is 1.19 bits per heavy atom. The van der Waals surface area contributed by atoms with Crippen molar-refractivity contribution < 1.29 is 33.6 Å². The minimum atomic E-state index is -0.838. The number of aliphatic hydroxyl groups is 1. The fourth-order valence-electron chi connectivity index (χ4n) is 3.70. The maximum Gasteiger partial charge on any atom is 0.342 e. The van der Waals surface area contributed by atoms with Crippen molar-refractivity contribution in [2.75, 3.05) is 13.9 Å². The summed E-state index contributed by atoms with van der Waals surface area (Å²) in [6.07, 6.45) is 5.69. The molecule has 0 aliphatic carbocycles. The van der Waals surface area contributed by atoms with Crippen LogP contribution in [0.3, 0.4) is 0 Å². The smallest absolute Gasteiger partial charge is 0.342 e. The van der Waals surface area contributed by atoms with Gasteiger partial charge in [0.25, 0.3) is 0 Å². The van der Waals surface area contributed by atoms with Gasteiger partial charge in [0.15, 0.2) is 12.6 Å². The molecule has 1 saturated heterocycles. The number of esters is 1. The first-order chi connectivity index (χ1) is 14.7. The first-order valence-corrected chi connectivity index (χ1v) is 10.6. The van der Waals surface area contributed by atoms with Crippen molar-refractivity contribution in [3.8, 4) is 5.75 Å². The van der Waals surface area contributed by atoms with Crippen LogP contribution in [-0.2, 0) is 18.9 Å². The van der Waals surface area contributed by atoms with E-state index in [0.717, 1.165) is 0 Å². The van der Waals surface area contributed by atoms with E-state index in [0.29, 0.717) is 23.3 Å². The first kappa shape index (κ1) is 23.5. The van der Waals surface area contributed by atoms with Gasteiger partial charge in [-0.1, -0.05) is 43.4 Å². The Balaban J connectivity index is 1.99. The minimum Gasteiger partial charge on any atom is -0.467 e. The maximum atomic E-state index is 13.1. The van der Waals surface area contributed by atoms with E-state index in [1.54, 1.807) is 12.1 Å². The highest BCUT2D eigenvalue weighted by Crippen LogP contribution is 2.33. The van der Waals surface area contributed by atoms with Gasteiger partial charge in [-0.15, -0.1) is 0 Å². The molecule has 7 heteroatoms. The Morgan fingerprint density at radius 3 is 2.71 bits per heavy atom. The van der Waals surface area contributed by atoms with E-state index >= 15 is 0 Å². The average molecular weight is 433 g/mol. The molecule has 31 heavy (non-hydrogen) atoms. The molecule has 5 atom stereocenters. The molecule has 2 aliphatic rings. The highest BCUT2D eigenvalue weighted by Gasteiger charge is 2.43. The standard InChI is InChI=1S/C24H32O7/c1-15-12-13-18(25)22-20(30-24(3,4)31-22)11-7-9-17-8-6-10-19(28-14-27-5)21(17)23(26)29-16(15)2/h6-10,12-13,15-16,18,20,22,25H,11,14H2,1-5H3/b9-7+,13-12-/t15-,16+,18?,20+,22-/m1/s1. The maximum absolute atomic E-state index is 13.1. The van der Waals surface area contributed by atoms with Gasteiger partial charge in [0, 0.05) is 13.0 Å². The molecular formula is C24H32O7. The van der Waals surface area contributed by atoms with E-state index in [9.17, 15) is 9.90 Å². The third-order valence-electron chi connectivity index (χ3n) is 5.46. The van der Waals surface area contributed by atoms with E-state index in [1.807, 2.05) is 58.1 Å². The molecule has 2 aliphatic heterocycles. The van der Waals surface area contributed by atoms with E-state index in [2.05, 4.69) is 0 Å². The van der Waals surface area contributed by atoms with Gasteiger partial charge in [0.2, 0.25) is 0 Å². The van der Waals surface area contributed by atoms with Gasteiger partial charge < -0.3 is 28.8 Å². The highest BCUT2D eigenvalue weighted by atomic mass is 16.8. The summed E-state index contributed by atoms with van der Waals surface area (Å²) in [5.74, 6) is -0.993. The molecule has 1 unspecified atom stereocenters. The van der Waals surface area contributed by atoms with Crippen LogP contribution in [0.2, 0.25) is 0 Å². The second-order valence-corrected chi connectivity index (χ2v) is 8.39. The molecule has 3 rings (SSSR count). The van der Waals surface area contributed by atoms with Crippen LogP contribution in [0.5, 0.6) is 5.75 Å². The number of fused-ring (bicyclic) bond motifs is 2. The van der Waals surface area contributed by atoms with Crippen LogP contribution >= 0.6 is 0 Å². The lowest BCUT2D eigenvalue weighted by molar-refractivity contribution is -0.152. The number of hydrogen-bond acceptors (Lipinski definition) is 7. The molecule has 0 saturated carbocycles. The van der Waals surface area contributed by atoms with Crippen molar-refractivity contribution in [1.82, 2.24) is 0 Å². The summed E-state index contributed by atoms with van der Waals surface area (Å²) < 4.78 is 28.3. The number of ether oxygens (including phenoxy) is 5. The van der Waals surface area contributed by atoms with Crippen molar-refractivity contribution in [3.05, 3.63) is 47.6 Å². The van der Waals surface area contributed by atoms with Gasteiger partial charge in [-0.05, 0) is 38.8 Å². The Kier molecular flexibility index (Phi) is 7.54. The molecule has 170 valence electrons. The van der Waals surface area contributed by atoms with Crippen LogP contribution < -0.4 is 4.74 Å². The molecule has 0 aromatic heterocycles. The number of cyclic esters (lactones) is 1. The van der Waals surface area contributed by atoms with Gasteiger partial charge in [0.05, 0.1) is 6.10 Å². The molecule has 2 heterocycles. The second-order valence-electron chi connectivity index (χ2n) is 8.39. The lowest BCUT2D eigenvalue weighted by atomic mass is 9.99. The predicted octanol–water partition coefficient (Wildman–Crippen LogP) is 3.70. The van der Waals surface area contributed by atoms with Crippen LogP contribution in [-0.4, -0.2) is 55.2 Å². The lowest BCUT2D eigenvalue weighted by Gasteiger charge is -2.22. The first-order valence-electron chi connectivity index (χ1n) is 10.6. The summed E-state index contributed by atoms with van der Waals surface area (Å²) in [5, 5.41) is 10.7. The molecule has 1 aromatic rings. The largest absolute Gasteiger partial charge is 0.467 e. The average Bonchev–Trinajstić information content (AvgIpc) is 3.03. The Hall–Kier alpha value is -2.19. The molecule has 0 radical (unpaired) electrons. The minimum absolute atomic E-state index is 0.0179. The SMILES string of the molecule is COCOc1cccc2c1C(=O)O[C@@H](C)[C@H](C)/C=C\C(O)[C@H]1OC(C)(C)O[C@H]1C/C=C/2. The zero-order valence-corrected chi connectivity index (χ0v) is 18.7. The van der Waals surface area contributed by atoms with Crippen LogP contribution in [0.15, 0.2) is 36.4 Å². The van der Waals surface area contributed by atoms with Crippen molar-refractivity contribution in [2.45, 2.75) is 64.3 Å². The van der Waals surface area contributed by atoms with Crippen molar-refractivity contribution >= 4 is 12.0 Å². The molecule has 1 aromatic carbocycles. The van der Waals surface area contributed by atoms with Crippen molar-refractivity contribution in [1.29, 1.82) is 0 Å². The number of benzene rings is 1. The molecule has 0 amide bonds. The molecular weight excluding hydrogens is 400 g/mol. The Bertz CT molecular complexity index is 829. The van der Waals surface area contributed by atoms with Gasteiger partial charge in [-0.25, -0.2) is 4.79 Å². The van der Waals surface area contributed by atoms with Crippen LogP contribution in [0, 0.1) is 5.92 Å². The third kappa shape index (κ3) is 5.74. The fraction of sp³-hybridized carbons (Fsp3) is 0.542. The lowest BCUT2D eigenvalue weighted by Crippen LogP contribution is -2.34. The predicted molar refractivity (Wildman–Crippen MR) is 116 cm³/mol. The zero-order chi connectivity index (χ0) is 22.6. The van der Waals surface area contributed by atoms with Crippen molar-refractivity contribution in [2.24, 2.45) is 5.92 Å². The number of carbonyl (C=O) groups is 1. The molecule has 0 bridgehead atoms. The Morgan fingerprint density at radius 2 is 1.97 bits per heavy atom. The molecule has 7 nitrogen and oxygen atoms in total. The quantitative estimate of drug-likeness (QED) is 0.443. The summed E-state index contributed by atoms with van der Waals surface area (Å²) in [6, 6.07) is 5.35. The number of methoxy groups -OCH3 is 1. The van der Waals surface area contributed by atoms with Crippen LogP contribution in [0.25, 0.3) is 6.08 Å². The Labute approximate surface area is 183 Å². The summed E-state index contributed by atoms with van der Waals surface area (Å²) in [6.45, 7) is 7.43. The van der Waals surface area contributed by atoms with Gasteiger partial charge in [-0.3, -0.25) is 0 Å². The number of hydrogen-bond donors (Lipinski definition) is 1. The topological polar surface area (TPSA) is 83.5 Å². The van der Waals surface area contributed by atoms with Crippen LogP contribution in [0.4, 0.5) is 0 Å². The number of rotatable bonds is 3. The van der Waals surface area contributed by atoms with Gasteiger partial charge in [-0.2, -0.15) is 0 Å². The monoisotopic (exact) mass is 432 g/mol. The van der Waals surface area contributed by atoms with Crippen LogP contribution in [0.1, 0.15) is 50.0 Å². The highest BCUT2D eigenvalue weighted by molar-refractivity contribution is 5.96. The summed E-state index contributed by atoms with van der Waals surface area (Å²) in [5.41, 5.74) is 1.01. The number of aliphatic hydroxyl groups excluding tert-OH is 1. The number of carbonyl (C=O) groups excluding carboxylic acids is 1. The van der Waals surface area contributed by atoms with E-state index in [1.165, 1.54) is 7.11 Å². The molecule has 1 N–H and O–H groups in total. The summed E-state index contributed by atoms with van der Waals surface area (Å²) in [7, 11) is 1.52. The van der Waals surface area contributed by atoms with E-state index < -0.39 is 30.1 Å². The molecule has 1 fully saturated rings. The van der Waals surface area contributed by atoms with E-state index in [4.69, 9.17) is 23.7 Å².